The van der Waals surface area contributed by atoms with Gasteiger partial charge in [0.05, 0.1) is 7.11 Å². The molecule has 0 aliphatic heterocycles. The highest BCUT2D eigenvalue weighted by Crippen LogP contribution is 2.53. The van der Waals surface area contributed by atoms with Crippen LogP contribution in [0.3, 0.4) is 0 Å². The number of ether oxygens (including phenoxy) is 2. The van der Waals surface area contributed by atoms with Gasteiger partial charge in [0.25, 0.3) is 0 Å². The molecule has 154 valence electrons. The van der Waals surface area contributed by atoms with Crippen molar-refractivity contribution in [2.45, 2.75) is 25.4 Å². The number of hydrogen-bond acceptors (Lipinski definition) is 3. The molecule has 0 aromatic heterocycles. The second-order valence-corrected chi connectivity index (χ2v) is 8.81. The van der Waals surface area contributed by atoms with Gasteiger partial charge in [-0.1, -0.05) is 48.5 Å². The molecule has 3 heteroatoms. The highest BCUT2D eigenvalue weighted by atomic mass is 16.5. The lowest BCUT2D eigenvalue weighted by molar-refractivity contribution is 0.212. The van der Waals surface area contributed by atoms with Crippen molar-refractivity contribution in [3.05, 3.63) is 82.9 Å². The zero-order chi connectivity index (χ0) is 20.7. The molecule has 5 rings (SSSR count). The van der Waals surface area contributed by atoms with Gasteiger partial charge in [-0.2, -0.15) is 0 Å². The van der Waals surface area contributed by atoms with Gasteiger partial charge in [-0.25, -0.2) is 0 Å². The molecule has 0 saturated heterocycles. The first-order valence-corrected chi connectivity index (χ1v) is 10.8. The van der Waals surface area contributed by atoms with Crippen molar-refractivity contribution in [2.24, 2.45) is 5.92 Å². The van der Waals surface area contributed by atoms with Crippen molar-refractivity contribution in [1.82, 2.24) is 4.90 Å². The molecule has 0 N–H and O–H groups in total. The summed E-state index contributed by atoms with van der Waals surface area (Å²) in [6.07, 6.45) is 3.51. The fourth-order valence-electron chi connectivity index (χ4n) is 5.07. The fourth-order valence-corrected chi connectivity index (χ4v) is 5.07. The summed E-state index contributed by atoms with van der Waals surface area (Å²) in [6.45, 7) is 1.16. The Kier molecular flexibility index (Phi) is 5.00. The third kappa shape index (κ3) is 3.37. The van der Waals surface area contributed by atoms with Gasteiger partial charge in [0.2, 0.25) is 0 Å². The van der Waals surface area contributed by atoms with Crippen LogP contribution in [0.15, 0.2) is 60.7 Å². The highest BCUT2D eigenvalue weighted by molar-refractivity contribution is 5.78. The van der Waals surface area contributed by atoms with E-state index >= 15 is 0 Å². The summed E-state index contributed by atoms with van der Waals surface area (Å²) in [5.74, 6) is 2.67. The molecule has 2 aliphatic rings. The van der Waals surface area contributed by atoms with Crippen molar-refractivity contribution in [3.63, 3.8) is 0 Å². The molecular weight excluding hydrogens is 370 g/mol. The normalized spacial score (nSPS) is 19.2. The van der Waals surface area contributed by atoms with Crippen LogP contribution < -0.4 is 9.47 Å². The SMILES string of the molecule is COc1c2ccc(-c3ccccc3)c1C2Oc1ccc2c(c1)CCC(CN(C)C)C2. The minimum atomic E-state index is -0.0525. The van der Waals surface area contributed by atoms with E-state index in [0.717, 1.165) is 41.5 Å². The molecule has 3 aromatic carbocycles. The van der Waals surface area contributed by atoms with Crippen molar-refractivity contribution in [2.75, 3.05) is 27.7 Å². The summed E-state index contributed by atoms with van der Waals surface area (Å²) in [5, 5.41) is 0. The summed E-state index contributed by atoms with van der Waals surface area (Å²) in [7, 11) is 6.08. The van der Waals surface area contributed by atoms with Gasteiger partial charge in [0.15, 0.2) is 6.10 Å². The zero-order valence-corrected chi connectivity index (χ0v) is 18.0. The van der Waals surface area contributed by atoms with E-state index in [1.165, 1.54) is 35.1 Å². The third-order valence-corrected chi connectivity index (χ3v) is 6.45. The number of benzene rings is 3. The van der Waals surface area contributed by atoms with Crippen LogP contribution in [0.25, 0.3) is 11.1 Å². The highest BCUT2D eigenvalue weighted by Gasteiger charge is 2.37. The molecule has 2 atom stereocenters. The van der Waals surface area contributed by atoms with E-state index in [1.54, 1.807) is 7.11 Å². The van der Waals surface area contributed by atoms with Crippen LogP contribution in [-0.4, -0.2) is 32.6 Å². The van der Waals surface area contributed by atoms with Gasteiger partial charge in [0.1, 0.15) is 11.5 Å². The number of fused-ring (bicyclic) bond motifs is 3. The molecule has 2 bridgehead atoms. The van der Waals surface area contributed by atoms with Gasteiger partial charge in [0, 0.05) is 17.7 Å². The topological polar surface area (TPSA) is 21.7 Å². The van der Waals surface area contributed by atoms with Crippen LogP contribution in [0.4, 0.5) is 0 Å². The molecule has 0 saturated carbocycles. The van der Waals surface area contributed by atoms with Crippen molar-refractivity contribution < 1.29 is 9.47 Å². The molecule has 0 radical (unpaired) electrons. The molecule has 0 heterocycles. The Morgan fingerprint density at radius 2 is 1.80 bits per heavy atom. The number of rotatable bonds is 6. The minimum absolute atomic E-state index is 0.0525. The van der Waals surface area contributed by atoms with E-state index in [0.29, 0.717) is 0 Å². The van der Waals surface area contributed by atoms with Gasteiger partial charge in [-0.05, 0) is 73.7 Å². The van der Waals surface area contributed by atoms with Gasteiger partial charge < -0.3 is 14.4 Å². The van der Waals surface area contributed by atoms with Crippen LogP contribution in [-0.2, 0) is 12.8 Å². The van der Waals surface area contributed by atoms with E-state index in [-0.39, 0.29) is 6.10 Å². The largest absolute Gasteiger partial charge is 0.496 e. The van der Waals surface area contributed by atoms with E-state index in [2.05, 4.69) is 73.6 Å². The number of methoxy groups -OCH3 is 1. The first kappa shape index (κ1) is 19.2. The maximum Gasteiger partial charge on any atom is 0.157 e. The van der Waals surface area contributed by atoms with Crippen molar-refractivity contribution in [1.29, 1.82) is 0 Å². The molecule has 0 fully saturated rings. The lowest BCUT2D eigenvalue weighted by atomic mass is 9.80. The summed E-state index contributed by atoms with van der Waals surface area (Å²) in [4.78, 5) is 2.30. The van der Waals surface area contributed by atoms with Crippen LogP contribution in [0.5, 0.6) is 11.5 Å². The minimum Gasteiger partial charge on any atom is -0.496 e. The van der Waals surface area contributed by atoms with Crippen molar-refractivity contribution >= 4 is 0 Å². The lowest BCUT2D eigenvalue weighted by Gasteiger charge is -2.35. The van der Waals surface area contributed by atoms with E-state index in [1.807, 2.05) is 6.07 Å². The summed E-state index contributed by atoms with van der Waals surface area (Å²) < 4.78 is 12.2. The molecule has 2 aliphatic carbocycles. The standard InChI is InChI=1S/C27H29NO2/c1-28(2)17-18-9-10-21-16-22(12-11-20(21)15-18)30-27-24-14-13-23(25(27)26(24)29-3)19-7-5-4-6-8-19/h4-8,11-14,16,18,27H,9-10,15,17H2,1-3H3. The number of nitrogens with zero attached hydrogens (tertiary/aromatic N) is 1. The van der Waals surface area contributed by atoms with Crippen LogP contribution in [0, 0.1) is 5.92 Å². The van der Waals surface area contributed by atoms with Crippen LogP contribution in [0.1, 0.15) is 34.8 Å². The van der Waals surface area contributed by atoms with E-state index in [9.17, 15) is 0 Å². The molecule has 3 aromatic rings. The number of aryl methyl sites for hydroxylation is 1. The average Bonchev–Trinajstić information content (AvgIpc) is 2.77. The second-order valence-electron chi connectivity index (χ2n) is 8.81. The Hall–Kier alpha value is -2.78. The molecule has 30 heavy (non-hydrogen) atoms. The van der Waals surface area contributed by atoms with Crippen LogP contribution >= 0.6 is 0 Å². The predicted molar refractivity (Wildman–Crippen MR) is 121 cm³/mol. The summed E-state index contributed by atoms with van der Waals surface area (Å²) >= 11 is 0. The maximum absolute atomic E-state index is 6.50. The second kappa shape index (κ2) is 7.81. The predicted octanol–water partition coefficient (Wildman–Crippen LogP) is 5.51. The zero-order valence-electron chi connectivity index (χ0n) is 18.0. The molecule has 0 amide bonds. The van der Waals surface area contributed by atoms with Gasteiger partial charge >= 0.3 is 0 Å². The third-order valence-electron chi connectivity index (χ3n) is 6.45. The first-order valence-electron chi connectivity index (χ1n) is 10.8. The Morgan fingerprint density at radius 1 is 0.967 bits per heavy atom. The quantitative estimate of drug-likeness (QED) is 0.545. The Labute approximate surface area is 179 Å². The lowest BCUT2D eigenvalue weighted by Crippen LogP contribution is -2.26. The molecule has 0 spiro atoms. The molecule has 2 unspecified atom stereocenters. The first-order chi connectivity index (χ1) is 14.6. The van der Waals surface area contributed by atoms with Crippen LogP contribution in [0.2, 0.25) is 0 Å². The smallest absolute Gasteiger partial charge is 0.157 e. The average molecular weight is 400 g/mol. The summed E-state index contributed by atoms with van der Waals surface area (Å²) in [6, 6.07) is 21.5. The monoisotopic (exact) mass is 399 g/mol. The van der Waals surface area contributed by atoms with Gasteiger partial charge in [-0.15, -0.1) is 0 Å². The van der Waals surface area contributed by atoms with E-state index < -0.39 is 0 Å². The van der Waals surface area contributed by atoms with Gasteiger partial charge in [-0.3, -0.25) is 0 Å². The fraction of sp³-hybridized carbons (Fsp3) is 0.333. The Morgan fingerprint density at radius 3 is 2.57 bits per heavy atom. The number of hydrogen-bond donors (Lipinski definition) is 0. The maximum atomic E-state index is 6.50. The van der Waals surface area contributed by atoms with Crippen molar-refractivity contribution in [3.8, 4) is 22.6 Å². The molecular formula is C27H29NO2. The molecule has 3 nitrogen and oxygen atoms in total. The summed E-state index contributed by atoms with van der Waals surface area (Å²) in [5.41, 5.74) is 7.61. The Balaban J connectivity index is 1.38. The van der Waals surface area contributed by atoms with E-state index in [4.69, 9.17) is 9.47 Å². The Bertz CT molecular complexity index is 1060.